The van der Waals surface area contributed by atoms with E-state index < -0.39 is 0 Å². The Balaban J connectivity index is 1.78. The molecule has 2 atom stereocenters. The maximum absolute atomic E-state index is 12.6. The molecule has 1 aliphatic rings. The molecule has 134 valence electrons. The molecule has 2 aromatic heterocycles. The van der Waals surface area contributed by atoms with Crippen LogP contribution in [-0.4, -0.2) is 32.8 Å². The van der Waals surface area contributed by atoms with Crippen molar-refractivity contribution in [1.82, 2.24) is 19.8 Å². The molecule has 7 heteroatoms. The van der Waals surface area contributed by atoms with E-state index in [0.717, 1.165) is 36.5 Å². The van der Waals surface area contributed by atoms with Gasteiger partial charge in [-0.05, 0) is 38.3 Å². The molecule has 0 spiro atoms. The number of likely N-dealkylation sites (tertiary alicyclic amines) is 1. The molecule has 1 fully saturated rings. The van der Waals surface area contributed by atoms with E-state index in [4.69, 9.17) is 0 Å². The number of nitrogens with one attached hydrogen (secondary N) is 1. The van der Waals surface area contributed by atoms with Crippen LogP contribution in [0.15, 0.2) is 23.7 Å². The van der Waals surface area contributed by atoms with Crippen molar-refractivity contribution < 1.29 is 9.59 Å². The van der Waals surface area contributed by atoms with Crippen LogP contribution in [0.5, 0.6) is 0 Å². The average Bonchev–Trinajstić information content (AvgIpc) is 3.24. The lowest BCUT2D eigenvalue weighted by Crippen LogP contribution is -2.38. The fraction of sp³-hybridized carbons (Fsp3) is 0.500. The van der Waals surface area contributed by atoms with Gasteiger partial charge in [-0.2, -0.15) is 0 Å². The van der Waals surface area contributed by atoms with Gasteiger partial charge in [-0.1, -0.05) is 0 Å². The molecule has 1 N–H and O–H groups in total. The number of piperidine rings is 1. The zero-order valence-corrected chi connectivity index (χ0v) is 15.7. The zero-order valence-electron chi connectivity index (χ0n) is 14.9. The number of thiazole rings is 1. The Morgan fingerprint density at radius 1 is 1.36 bits per heavy atom. The van der Waals surface area contributed by atoms with E-state index in [1.165, 1.54) is 11.3 Å². The summed E-state index contributed by atoms with van der Waals surface area (Å²) in [6, 6.07) is 3.73. The molecule has 0 radical (unpaired) electrons. The lowest BCUT2D eigenvalue weighted by Gasteiger charge is -2.35. The third-order valence-electron chi connectivity index (χ3n) is 4.81. The number of carbonyl (C=O) groups is 2. The van der Waals surface area contributed by atoms with Gasteiger partial charge < -0.3 is 14.8 Å². The van der Waals surface area contributed by atoms with Crippen LogP contribution >= 0.6 is 11.3 Å². The van der Waals surface area contributed by atoms with Gasteiger partial charge in [-0.15, -0.1) is 11.3 Å². The molecule has 0 aromatic carbocycles. The molecule has 2 aromatic rings. The minimum absolute atomic E-state index is 0.0502. The summed E-state index contributed by atoms with van der Waals surface area (Å²) in [6.07, 6.45) is 4.82. The third kappa shape index (κ3) is 3.61. The quantitative estimate of drug-likeness (QED) is 0.911. The minimum atomic E-state index is -0.130. The summed E-state index contributed by atoms with van der Waals surface area (Å²) in [5, 5.41) is 5.78. The van der Waals surface area contributed by atoms with Gasteiger partial charge >= 0.3 is 0 Å². The number of nitrogens with zero attached hydrogens (tertiary/aromatic N) is 3. The van der Waals surface area contributed by atoms with Crippen molar-refractivity contribution in [3.05, 3.63) is 40.1 Å². The molecule has 1 saturated heterocycles. The van der Waals surface area contributed by atoms with Gasteiger partial charge in [0.05, 0.1) is 12.1 Å². The second-order valence-corrected chi connectivity index (χ2v) is 7.42. The Morgan fingerprint density at radius 2 is 2.16 bits per heavy atom. The first-order valence-electron chi connectivity index (χ1n) is 8.62. The Bertz CT molecular complexity index is 753. The first kappa shape index (κ1) is 17.7. The second kappa shape index (κ2) is 7.39. The van der Waals surface area contributed by atoms with Crippen LogP contribution in [0, 0.1) is 0 Å². The molecular formula is C18H24N4O2S. The zero-order chi connectivity index (χ0) is 18.0. The summed E-state index contributed by atoms with van der Waals surface area (Å²) >= 11 is 1.53. The predicted molar refractivity (Wildman–Crippen MR) is 97.4 cm³/mol. The molecule has 0 unspecified atom stereocenters. The molecule has 0 aliphatic carbocycles. The largest absolute Gasteiger partial charge is 0.342 e. The molecule has 6 nitrogen and oxygen atoms in total. The van der Waals surface area contributed by atoms with Gasteiger partial charge in [0.1, 0.15) is 10.7 Å². The fourth-order valence-corrected chi connectivity index (χ4v) is 4.13. The van der Waals surface area contributed by atoms with Crippen LogP contribution in [0.2, 0.25) is 0 Å². The number of hydrogen-bond donors (Lipinski definition) is 1. The Labute approximate surface area is 151 Å². The van der Waals surface area contributed by atoms with Crippen LogP contribution < -0.4 is 5.32 Å². The van der Waals surface area contributed by atoms with E-state index in [2.05, 4.69) is 10.3 Å². The molecule has 3 heterocycles. The van der Waals surface area contributed by atoms with Crippen molar-refractivity contribution in [1.29, 1.82) is 0 Å². The highest BCUT2D eigenvalue weighted by molar-refractivity contribution is 7.09. The van der Waals surface area contributed by atoms with Crippen molar-refractivity contribution in [3.8, 4) is 0 Å². The summed E-state index contributed by atoms with van der Waals surface area (Å²) in [5.74, 6) is -0.0315. The van der Waals surface area contributed by atoms with Crippen molar-refractivity contribution in [2.24, 2.45) is 7.05 Å². The van der Waals surface area contributed by atoms with Crippen molar-refractivity contribution >= 4 is 23.2 Å². The summed E-state index contributed by atoms with van der Waals surface area (Å²) in [7, 11) is 1.89. The highest BCUT2D eigenvalue weighted by atomic mass is 32.1. The highest BCUT2D eigenvalue weighted by Crippen LogP contribution is 2.31. The molecule has 25 heavy (non-hydrogen) atoms. The Kier molecular flexibility index (Phi) is 5.22. The molecule has 0 bridgehead atoms. The van der Waals surface area contributed by atoms with E-state index in [9.17, 15) is 9.59 Å². The number of rotatable bonds is 4. The third-order valence-corrected chi connectivity index (χ3v) is 5.77. The lowest BCUT2D eigenvalue weighted by atomic mass is 9.99. The summed E-state index contributed by atoms with van der Waals surface area (Å²) in [5.41, 5.74) is 1.62. The van der Waals surface area contributed by atoms with Gasteiger partial charge in [0.2, 0.25) is 5.91 Å². The molecule has 2 amide bonds. The maximum atomic E-state index is 12.6. The first-order chi connectivity index (χ1) is 12.0. The van der Waals surface area contributed by atoms with Crippen LogP contribution in [0.4, 0.5) is 0 Å². The van der Waals surface area contributed by atoms with Crippen molar-refractivity contribution in [2.75, 3.05) is 6.54 Å². The number of amides is 2. The smallest absolute Gasteiger partial charge is 0.268 e. The van der Waals surface area contributed by atoms with Gasteiger partial charge in [0.25, 0.3) is 5.91 Å². The SMILES string of the molecule is CC(=O)N1CCCC[C@@H]1c1ccc(C(=O)N[C@@H](C)c2nccs2)n1C. The summed E-state index contributed by atoms with van der Waals surface area (Å²) < 4.78 is 1.91. The van der Waals surface area contributed by atoms with E-state index in [1.54, 1.807) is 13.1 Å². The lowest BCUT2D eigenvalue weighted by molar-refractivity contribution is -0.132. The normalized spacial score (nSPS) is 18.8. The van der Waals surface area contributed by atoms with Gasteiger partial charge in [-0.25, -0.2) is 4.98 Å². The molecule has 3 rings (SSSR count). The van der Waals surface area contributed by atoms with Crippen LogP contribution in [0.3, 0.4) is 0 Å². The standard InChI is InChI=1S/C18H24N4O2S/c1-12(18-19-9-11-25-18)20-17(24)16-8-7-14(21(16)3)15-6-4-5-10-22(15)13(2)23/h7-9,11-12,15H,4-6,10H2,1-3H3,(H,20,24)/t12-,15+/m0/s1. The minimum Gasteiger partial charge on any atom is -0.342 e. The number of hydrogen-bond acceptors (Lipinski definition) is 4. The maximum Gasteiger partial charge on any atom is 0.268 e. The Morgan fingerprint density at radius 3 is 2.84 bits per heavy atom. The molecular weight excluding hydrogens is 336 g/mol. The van der Waals surface area contributed by atoms with Crippen LogP contribution in [0.25, 0.3) is 0 Å². The average molecular weight is 360 g/mol. The highest BCUT2D eigenvalue weighted by Gasteiger charge is 2.29. The Hall–Kier alpha value is -2.15. The molecule has 1 aliphatic heterocycles. The number of carbonyl (C=O) groups excluding carboxylic acids is 2. The van der Waals surface area contributed by atoms with Gasteiger partial charge in [-0.3, -0.25) is 9.59 Å². The van der Waals surface area contributed by atoms with E-state index in [0.29, 0.717) is 5.69 Å². The summed E-state index contributed by atoms with van der Waals surface area (Å²) in [4.78, 5) is 30.8. The van der Waals surface area contributed by atoms with Gasteiger partial charge in [0.15, 0.2) is 0 Å². The van der Waals surface area contributed by atoms with E-state index in [1.807, 2.05) is 41.0 Å². The van der Waals surface area contributed by atoms with Gasteiger partial charge in [0, 0.05) is 37.8 Å². The van der Waals surface area contributed by atoms with E-state index >= 15 is 0 Å². The van der Waals surface area contributed by atoms with E-state index in [-0.39, 0.29) is 23.9 Å². The van der Waals surface area contributed by atoms with Crippen molar-refractivity contribution in [2.45, 2.75) is 45.2 Å². The first-order valence-corrected chi connectivity index (χ1v) is 9.50. The fourth-order valence-electron chi connectivity index (χ4n) is 3.49. The van der Waals surface area contributed by atoms with Crippen LogP contribution in [-0.2, 0) is 11.8 Å². The monoisotopic (exact) mass is 360 g/mol. The molecule has 0 saturated carbocycles. The van der Waals surface area contributed by atoms with Crippen molar-refractivity contribution in [3.63, 3.8) is 0 Å². The summed E-state index contributed by atoms with van der Waals surface area (Å²) in [6.45, 7) is 4.33. The topological polar surface area (TPSA) is 67.2 Å². The second-order valence-electron chi connectivity index (χ2n) is 6.49. The number of aromatic nitrogens is 2. The van der Waals surface area contributed by atoms with Crippen LogP contribution in [0.1, 0.15) is 66.4 Å². The predicted octanol–water partition coefficient (Wildman–Crippen LogP) is 3.05.